The lowest BCUT2D eigenvalue weighted by Gasteiger charge is -2.25. The molecule has 2 aromatic carbocycles. The van der Waals surface area contributed by atoms with Crippen molar-refractivity contribution in [3.05, 3.63) is 102 Å². The van der Waals surface area contributed by atoms with Gasteiger partial charge in [-0.15, -0.1) is 0 Å². The molecule has 33 heavy (non-hydrogen) atoms. The first-order chi connectivity index (χ1) is 16.1. The highest BCUT2D eigenvalue weighted by molar-refractivity contribution is 6.00. The van der Waals surface area contributed by atoms with E-state index in [-0.39, 0.29) is 11.5 Å². The lowest BCUT2D eigenvalue weighted by atomic mass is 9.89. The van der Waals surface area contributed by atoms with E-state index in [4.69, 9.17) is 4.52 Å². The van der Waals surface area contributed by atoms with Gasteiger partial charge in [-0.05, 0) is 36.2 Å². The van der Waals surface area contributed by atoms with Crippen LogP contribution in [0.1, 0.15) is 16.8 Å². The highest BCUT2D eigenvalue weighted by Crippen LogP contribution is 2.31. The molecule has 2 N–H and O–H groups in total. The molecule has 0 aliphatic rings. The summed E-state index contributed by atoms with van der Waals surface area (Å²) in [5.41, 5.74) is 1.40. The van der Waals surface area contributed by atoms with Crippen LogP contribution in [-0.2, 0) is 10.4 Å². The third-order valence-electron chi connectivity index (χ3n) is 5.36. The van der Waals surface area contributed by atoms with Crippen LogP contribution in [0.5, 0.6) is 0 Å². The van der Waals surface area contributed by atoms with E-state index in [2.05, 4.69) is 25.7 Å². The maximum Gasteiger partial charge on any atom is 0.268 e. The number of aliphatic hydroxyl groups is 1. The first kappa shape index (κ1) is 20.5. The number of carbonyl (C=O) groups excluding carboxylic acids is 1. The quantitative estimate of drug-likeness (QED) is 0.429. The summed E-state index contributed by atoms with van der Waals surface area (Å²) in [4.78, 5) is 18.0. The van der Waals surface area contributed by atoms with Gasteiger partial charge in [0.15, 0.2) is 0 Å². The number of fused-ring (bicyclic) bond motifs is 1. The van der Waals surface area contributed by atoms with Crippen LogP contribution in [-0.4, -0.2) is 31.4 Å². The number of rotatable bonds is 5. The maximum absolute atomic E-state index is 13.4. The smallest absolute Gasteiger partial charge is 0.268 e. The first-order valence-electron chi connectivity index (χ1n) is 10.3. The number of anilines is 1. The van der Waals surface area contributed by atoms with Gasteiger partial charge in [-0.1, -0.05) is 53.7 Å². The van der Waals surface area contributed by atoms with Gasteiger partial charge in [0.25, 0.3) is 5.91 Å². The van der Waals surface area contributed by atoms with Crippen LogP contribution in [0.25, 0.3) is 22.2 Å². The van der Waals surface area contributed by atoms with Crippen molar-refractivity contribution >= 4 is 22.6 Å². The molecule has 0 bridgehead atoms. The van der Waals surface area contributed by atoms with Gasteiger partial charge in [0.05, 0.1) is 17.4 Å². The number of carbonyl (C=O) groups is 1. The predicted molar refractivity (Wildman–Crippen MR) is 122 cm³/mol. The summed E-state index contributed by atoms with van der Waals surface area (Å²) < 4.78 is 4.90. The van der Waals surface area contributed by atoms with E-state index >= 15 is 0 Å². The largest absolute Gasteiger partial charge is 0.370 e. The van der Waals surface area contributed by atoms with E-state index in [0.717, 1.165) is 22.0 Å². The van der Waals surface area contributed by atoms with Crippen LogP contribution in [0.4, 0.5) is 5.82 Å². The summed E-state index contributed by atoms with van der Waals surface area (Å²) in [5, 5.41) is 27.2. The van der Waals surface area contributed by atoms with Crippen LogP contribution in [0.2, 0.25) is 0 Å². The summed E-state index contributed by atoms with van der Waals surface area (Å²) in [6, 6.07) is 21.3. The summed E-state index contributed by atoms with van der Waals surface area (Å²) in [7, 11) is 0. The zero-order valence-electron chi connectivity index (χ0n) is 17.6. The molecule has 8 heteroatoms. The number of hydrogen-bond acceptors (Lipinski definition) is 7. The second kappa shape index (κ2) is 8.25. The molecule has 0 aliphatic carbocycles. The Labute approximate surface area is 188 Å². The molecule has 0 aliphatic heterocycles. The van der Waals surface area contributed by atoms with Crippen molar-refractivity contribution in [2.24, 2.45) is 0 Å². The molecule has 0 spiro atoms. The number of aromatic nitrogens is 4. The Morgan fingerprint density at radius 2 is 1.82 bits per heavy atom. The number of benzene rings is 2. The monoisotopic (exact) mass is 437 g/mol. The van der Waals surface area contributed by atoms with Gasteiger partial charge in [-0.3, -0.25) is 4.79 Å². The summed E-state index contributed by atoms with van der Waals surface area (Å²) >= 11 is 0. The molecule has 0 saturated carbocycles. The third-order valence-corrected chi connectivity index (χ3v) is 5.36. The van der Waals surface area contributed by atoms with E-state index in [0.29, 0.717) is 11.3 Å². The fourth-order valence-electron chi connectivity index (χ4n) is 3.76. The zero-order valence-corrected chi connectivity index (χ0v) is 17.6. The highest BCUT2D eigenvalue weighted by Gasteiger charge is 2.42. The van der Waals surface area contributed by atoms with Crippen LogP contribution in [0, 0.1) is 6.92 Å². The molecular weight excluding hydrogens is 418 g/mol. The van der Waals surface area contributed by atoms with Gasteiger partial charge in [0, 0.05) is 17.0 Å². The van der Waals surface area contributed by atoms with Gasteiger partial charge < -0.3 is 14.9 Å². The second-order valence-corrected chi connectivity index (χ2v) is 7.61. The Hall–Kier alpha value is -4.43. The van der Waals surface area contributed by atoms with Gasteiger partial charge in [0.2, 0.25) is 5.60 Å². The Bertz CT molecular complexity index is 1430. The molecule has 1 amide bonds. The molecule has 5 aromatic rings. The van der Waals surface area contributed by atoms with Crippen molar-refractivity contribution in [3.8, 4) is 11.3 Å². The molecule has 0 radical (unpaired) electrons. The molecule has 1 atom stereocenters. The lowest BCUT2D eigenvalue weighted by molar-refractivity contribution is -0.131. The van der Waals surface area contributed by atoms with Crippen molar-refractivity contribution in [1.82, 2.24) is 20.3 Å². The van der Waals surface area contributed by atoms with Gasteiger partial charge in [-0.2, -0.15) is 10.2 Å². The van der Waals surface area contributed by atoms with E-state index in [1.807, 2.05) is 37.3 Å². The van der Waals surface area contributed by atoms with E-state index in [1.165, 1.54) is 12.3 Å². The third kappa shape index (κ3) is 3.72. The minimum absolute atomic E-state index is 0.0726. The SMILES string of the molecule is Cc1cc(NC(=O)[C@](O)(c2ccccc2)c2ccon2)nc(-c2cnnc3ccccc23)c1. The standard InChI is InChI=1S/C25H19N5O3/c1-16-13-21(19-15-26-29-20-10-6-5-9-18(19)20)27-23(14-16)28-24(31)25(32,22-11-12-33-30-22)17-7-3-2-4-8-17/h2-15,32H,1H3,(H,27,28,31)/t25-/m0/s1. The van der Waals surface area contributed by atoms with Crippen molar-refractivity contribution < 1.29 is 14.4 Å². The fourth-order valence-corrected chi connectivity index (χ4v) is 3.76. The average Bonchev–Trinajstić information content (AvgIpc) is 3.39. The predicted octanol–water partition coefficient (Wildman–Crippen LogP) is 3.86. The van der Waals surface area contributed by atoms with Crippen molar-refractivity contribution in [3.63, 3.8) is 0 Å². The molecule has 162 valence electrons. The summed E-state index contributed by atoms with van der Waals surface area (Å²) in [6.45, 7) is 1.90. The van der Waals surface area contributed by atoms with Crippen molar-refractivity contribution in [2.45, 2.75) is 12.5 Å². The highest BCUT2D eigenvalue weighted by atomic mass is 16.5. The molecule has 0 fully saturated rings. The minimum Gasteiger partial charge on any atom is -0.370 e. The first-order valence-corrected chi connectivity index (χ1v) is 10.3. The number of nitrogens with zero attached hydrogens (tertiary/aromatic N) is 4. The Morgan fingerprint density at radius 1 is 1.03 bits per heavy atom. The minimum atomic E-state index is -2.06. The Kier molecular flexibility index (Phi) is 5.12. The maximum atomic E-state index is 13.4. The van der Waals surface area contributed by atoms with Gasteiger partial charge >= 0.3 is 0 Å². The second-order valence-electron chi connectivity index (χ2n) is 7.61. The lowest BCUT2D eigenvalue weighted by Crippen LogP contribution is -2.41. The molecule has 5 rings (SSSR count). The van der Waals surface area contributed by atoms with Crippen molar-refractivity contribution in [1.29, 1.82) is 0 Å². The summed E-state index contributed by atoms with van der Waals surface area (Å²) in [5.74, 6) is -0.418. The molecular formula is C25H19N5O3. The molecule has 8 nitrogen and oxygen atoms in total. The van der Waals surface area contributed by atoms with Crippen LogP contribution >= 0.6 is 0 Å². The van der Waals surface area contributed by atoms with E-state index < -0.39 is 11.5 Å². The van der Waals surface area contributed by atoms with Gasteiger partial charge in [-0.25, -0.2) is 4.98 Å². The van der Waals surface area contributed by atoms with E-state index in [9.17, 15) is 9.90 Å². The molecule has 0 saturated heterocycles. The van der Waals surface area contributed by atoms with Crippen LogP contribution in [0.3, 0.4) is 0 Å². The number of amides is 1. The topological polar surface area (TPSA) is 114 Å². The van der Waals surface area contributed by atoms with Crippen LogP contribution < -0.4 is 5.32 Å². The van der Waals surface area contributed by atoms with Crippen molar-refractivity contribution in [2.75, 3.05) is 5.32 Å². The van der Waals surface area contributed by atoms with Gasteiger partial charge in [0.1, 0.15) is 17.8 Å². The average molecular weight is 437 g/mol. The van der Waals surface area contributed by atoms with Crippen LogP contribution in [0.15, 0.2) is 89.8 Å². The molecule has 3 aromatic heterocycles. The number of aryl methyl sites for hydroxylation is 1. The summed E-state index contributed by atoms with van der Waals surface area (Å²) in [6.07, 6.45) is 2.95. The van der Waals surface area contributed by atoms with E-state index in [1.54, 1.807) is 42.6 Å². The normalized spacial score (nSPS) is 12.9. The Balaban J connectivity index is 1.55. The number of pyridine rings is 1. The Morgan fingerprint density at radius 3 is 2.61 bits per heavy atom. The fraction of sp³-hybridized carbons (Fsp3) is 0.0800. The molecule has 3 heterocycles. The zero-order chi connectivity index (χ0) is 22.8. The molecule has 0 unspecified atom stereocenters. The number of nitrogens with one attached hydrogen (secondary N) is 1. The number of hydrogen-bond donors (Lipinski definition) is 2.